The van der Waals surface area contributed by atoms with Gasteiger partial charge in [-0.2, -0.15) is 12.7 Å². The molecule has 1 aliphatic heterocycles. The second-order valence-corrected chi connectivity index (χ2v) is 11.7. The van der Waals surface area contributed by atoms with Gasteiger partial charge in [0.1, 0.15) is 0 Å². The van der Waals surface area contributed by atoms with Crippen molar-refractivity contribution in [1.82, 2.24) is 9.21 Å². The summed E-state index contributed by atoms with van der Waals surface area (Å²) in [6, 6.07) is 12.0. The van der Waals surface area contributed by atoms with Gasteiger partial charge in [0.25, 0.3) is 21.7 Å². The summed E-state index contributed by atoms with van der Waals surface area (Å²) in [6.07, 6.45) is 0.355. The summed E-state index contributed by atoms with van der Waals surface area (Å²) in [4.78, 5) is 24.4. The number of fused-ring (bicyclic) bond motifs is 1. The van der Waals surface area contributed by atoms with Crippen LogP contribution in [0.4, 0.5) is 5.69 Å². The van der Waals surface area contributed by atoms with Crippen LogP contribution >= 0.6 is 0 Å². The van der Waals surface area contributed by atoms with E-state index in [1.165, 1.54) is 24.0 Å². The van der Waals surface area contributed by atoms with Gasteiger partial charge < -0.3 is 4.90 Å². The van der Waals surface area contributed by atoms with Crippen molar-refractivity contribution in [3.8, 4) is 0 Å². The van der Waals surface area contributed by atoms with E-state index in [1.807, 2.05) is 12.1 Å². The summed E-state index contributed by atoms with van der Waals surface area (Å²) in [5.74, 6) is -0.254. The van der Waals surface area contributed by atoms with Crippen LogP contribution in [0.5, 0.6) is 0 Å². The van der Waals surface area contributed by atoms with Crippen molar-refractivity contribution in [2.24, 2.45) is 0 Å². The number of amides is 1. The SMILES string of the molecule is CC(CCN(CCN1CCc2ccccc2C1=O)S(=O)(=O)c1ccccc1[N+](=O)[O-])S(=O)(=O)O. The summed E-state index contributed by atoms with van der Waals surface area (Å²) >= 11 is 0. The van der Waals surface area contributed by atoms with E-state index in [0.29, 0.717) is 18.5 Å². The average molecular weight is 512 g/mol. The van der Waals surface area contributed by atoms with Crippen molar-refractivity contribution in [2.45, 2.75) is 29.9 Å². The average Bonchev–Trinajstić information content (AvgIpc) is 2.79. The van der Waals surface area contributed by atoms with Gasteiger partial charge >= 0.3 is 0 Å². The van der Waals surface area contributed by atoms with Gasteiger partial charge in [-0.25, -0.2) is 8.42 Å². The zero-order valence-electron chi connectivity index (χ0n) is 18.4. The summed E-state index contributed by atoms with van der Waals surface area (Å²) < 4.78 is 59.8. The third-order valence-corrected chi connectivity index (χ3v) is 8.98. The highest BCUT2D eigenvalue weighted by Crippen LogP contribution is 2.27. The van der Waals surface area contributed by atoms with Gasteiger partial charge in [0.15, 0.2) is 4.90 Å². The Kier molecular flexibility index (Phi) is 7.70. The van der Waals surface area contributed by atoms with Crippen molar-refractivity contribution < 1.29 is 31.1 Å². The summed E-state index contributed by atoms with van der Waals surface area (Å²) in [5, 5.41) is 10.2. The minimum Gasteiger partial charge on any atom is -0.337 e. The lowest BCUT2D eigenvalue weighted by Crippen LogP contribution is -2.44. The number of rotatable bonds is 10. The smallest absolute Gasteiger partial charge is 0.289 e. The number of nitro benzene ring substituents is 1. The summed E-state index contributed by atoms with van der Waals surface area (Å²) in [7, 11) is -8.82. The second-order valence-electron chi connectivity index (χ2n) is 7.94. The van der Waals surface area contributed by atoms with Crippen LogP contribution in [0.2, 0.25) is 0 Å². The molecule has 1 amide bonds. The molecule has 2 aromatic rings. The zero-order valence-corrected chi connectivity index (χ0v) is 20.0. The van der Waals surface area contributed by atoms with E-state index >= 15 is 0 Å². The zero-order chi connectivity index (χ0) is 25.1. The molecule has 34 heavy (non-hydrogen) atoms. The molecule has 13 heteroatoms. The molecule has 0 bridgehead atoms. The standard InChI is InChI=1S/C21H25N3O8S2/c1-16(34(30,31)32)10-13-23(33(28,29)20-9-5-4-8-19(20)24(26)27)15-14-22-12-11-17-6-2-3-7-18(17)21(22)25/h2-9,16H,10-15H2,1H3,(H,30,31,32). The molecule has 0 aliphatic carbocycles. The Morgan fingerprint density at radius 1 is 1.09 bits per heavy atom. The Labute approximate surface area is 197 Å². The van der Waals surface area contributed by atoms with Crippen LogP contribution in [0.15, 0.2) is 53.4 Å². The summed E-state index contributed by atoms with van der Waals surface area (Å²) in [6.45, 7) is 1.08. The lowest BCUT2D eigenvalue weighted by atomic mass is 9.99. The van der Waals surface area contributed by atoms with E-state index in [1.54, 1.807) is 12.1 Å². The molecule has 11 nitrogen and oxygen atoms in total. The quantitative estimate of drug-likeness (QED) is 0.288. The van der Waals surface area contributed by atoms with Crippen LogP contribution in [0.3, 0.4) is 0 Å². The number of nitrogens with zero attached hydrogens (tertiary/aromatic N) is 3. The van der Waals surface area contributed by atoms with E-state index in [4.69, 9.17) is 0 Å². The van der Waals surface area contributed by atoms with Crippen LogP contribution in [0, 0.1) is 10.1 Å². The first-order valence-electron chi connectivity index (χ1n) is 10.5. The molecular formula is C21H25N3O8S2. The highest BCUT2D eigenvalue weighted by molar-refractivity contribution is 7.89. The van der Waals surface area contributed by atoms with E-state index in [9.17, 15) is 36.3 Å². The van der Waals surface area contributed by atoms with Crippen molar-refractivity contribution in [1.29, 1.82) is 0 Å². The van der Waals surface area contributed by atoms with Crippen LogP contribution in [-0.2, 0) is 26.6 Å². The van der Waals surface area contributed by atoms with Gasteiger partial charge in [-0.15, -0.1) is 0 Å². The highest BCUT2D eigenvalue weighted by atomic mass is 32.2. The molecular weight excluding hydrogens is 486 g/mol. The molecule has 0 fully saturated rings. The Morgan fingerprint density at radius 3 is 2.41 bits per heavy atom. The molecule has 2 aromatic carbocycles. The van der Waals surface area contributed by atoms with E-state index in [2.05, 4.69) is 0 Å². The fraction of sp³-hybridized carbons (Fsp3) is 0.381. The first-order valence-corrected chi connectivity index (χ1v) is 13.4. The number of benzene rings is 2. The van der Waals surface area contributed by atoms with Gasteiger partial charge in [0.2, 0.25) is 10.0 Å². The summed E-state index contributed by atoms with van der Waals surface area (Å²) in [5.41, 5.74) is 0.815. The second kappa shape index (κ2) is 10.2. The molecule has 0 saturated heterocycles. The van der Waals surface area contributed by atoms with Crippen LogP contribution in [-0.4, -0.2) is 72.9 Å². The van der Waals surface area contributed by atoms with Gasteiger partial charge in [-0.05, 0) is 37.5 Å². The highest BCUT2D eigenvalue weighted by Gasteiger charge is 2.33. The predicted octanol–water partition coefficient (Wildman–Crippen LogP) is 1.95. The largest absolute Gasteiger partial charge is 0.337 e. The minimum absolute atomic E-state index is 0.00723. The maximum absolute atomic E-state index is 13.4. The minimum atomic E-state index is -4.42. The Hall–Kier alpha value is -2.87. The lowest BCUT2D eigenvalue weighted by Gasteiger charge is -2.31. The van der Waals surface area contributed by atoms with Crippen molar-refractivity contribution in [3.05, 3.63) is 69.8 Å². The van der Waals surface area contributed by atoms with Gasteiger partial charge in [0.05, 0.1) is 10.2 Å². The first-order chi connectivity index (χ1) is 15.9. The molecule has 1 unspecified atom stereocenters. The number of hydrogen-bond acceptors (Lipinski definition) is 7. The van der Waals surface area contributed by atoms with Crippen LogP contribution in [0.25, 0.3) is 0 Å². The molecule has 184 valence electrons. The van der Waals surface area contributed by atoms with Crippen molar-refractivity contribution in [3.63, 3.8) is 0 Å². The van der Waals surface area contributed by atoms with Crippen LogP contribution in [0.1, 0.15) is 29.3 Å². The van der Waals surface area contributed by atoms with E-state index < -0.39 is 40.9 Å². The van der Waals surface area contributed by atoms with Gasteiger partial charge in [-0.1, -0.05) is 30.3 Å². The fourth-order valence-corrected chi connectivity index (χ4v) is 5.72. The van der Waals surface area contributed by atoms with Gasteiger partial charge in [0, 0.05) is 37.8 Å². The number of hydrogen-bond donors (Lipinski definition) is 1. The van der Waals surface area contributed by atoms with Crippen LogP contribution < -0.4 is 0 Å². The number of carbonyl (C=O) groups is 1. The Balaban J connectivity index is 1.87. The molecule has 0 radical (unpaired) electrons. The van der Waals surface area contributed by atoms with Gasteiger partial charge in [-0.3, -0.25) is 19.5 Å². The molecule has 0 aromatic heterocycles. The van der Waals surface area contributed by atoms with Crippen molar-refractivity contribution in [2.75, 3.05) is 26.2 Å². The Bertz CT molecular complexity index is 1290. The topological polar surface area (TPSA) is 155 Å². The molecule has 1 N–H and O–H groups in total. The maximum atomic E-state index is 13.4. The molecule has 0 spiro atoms. The number of para-hydroxylation sites is 1. The number of sulfonamides is 1. The Morgan fingerprint density at radius 2 is 1.74 bits per heavy atom. The van der Waals surface area contributed by atoms with E-state index in [-0.39, 0.29) is 32.0 Å². The molecule has 1 atom stereocenters. The number of carbonyl (C=O) groups excluding carboxylic acids is 1. The normalized spacial score (nSPS) is 15.3. The first kappa shape index (κ1) is 25.7. The molecule has 0 saturated carbocycles. The third kappa shape index (κ3) is 5.60. The third-order valence-electron chi connectivity index (χ3n) is 5.78. The maximum Gasteiger partial charge on any atom is 0.289 e. The molecule has 1 aliphatic rings. The number of nitro groups is 1. The van der Waals surface area contributed by atoms with E-state index in [0.717, 1.165) is 22.0 Å². The predicted molar refractivity (Wildman–Crippen MR) is 124 cm³/mol. The lowest BCUT2D eigenvalue weighted by molar-refractivity contribution is -0.387. The fourth-order valence-electron chi connectivity index (χ4n) is 3.71. The van der Waals surface area contributed by atoms with Crippen molar-refractivity contribution >= 4 is 31.7 Å². The monoisotopic (exact) mass is 511 g/mol. The molecule has 1 heterocycles. The molecule has 3 rings (SSSR count).